The summed E-state index contributed by atoms with van der Waals surface area (Å²) in [6.45, 7) is 2.02. The molecule has 1 saturated heterocycles. The van der Waals surface area contributed by atoms with E-state index in [9.17, 15) is 0 Å². The molecule has 0 aliphatic carbocycles. The molecule has 3 heterocycles. The lowest BCUT2D eigenvalue weighted by molar-refractivity contribution is 0.453. The van der Waals surface area contributed by atoms with Crippen molar-refractivity contribution in [3.63, 3.8) is 0 Å². The second-order valence-electron chi connectivity index (χ2n) is 6.47. The Hall–Kier alpha value is -1.68. The Labute approximate surface area is 161 Å². The number of anilines is 1. The topological polar surface area (TPSA) is 83.8 Å². The number of nitrogens with one attached hydrogen (secondary N) is 1. The van der Waals surface area contributed by atoms with E-state index in [2.05, 4.69) is 38.0 Å². The van der Waals surface area contributed by atoms with Crippen LogP contribution in [0.15, 0.2) is 17.4 Å². The number of aromatic nitrogens is 3. The average molecular weight is 453 g/mol. The van der Waals surface area contributed by atoms with E-state index in [1.807, 2.05) is 37.6 Å². The molecule has 0 amide bonds. The second kappa shape index (κ2) is 7.69. The minimum Gasteiger partial charge on any atom is -0.383 e. The van der Waals surface area contributed by atoms with Gasteiger partial charge in [-0.05, 0) is 42.0 Å². The standard InChI is InChI=1S/C17H24IN7/c1-20-7-12(10-24(2)3)13-9-22-25-16(19)14(18)15(23-17(13)25)11-5-4-6-21-8-11/h7,9-11,21H,4-6,8,19H2,1-3H3/b12-10+,20-7-. The summed E-state index contributed by atoms with van der Waals surface area (Å²) >= 11 is 2.29. The first-order valence-electron chi connectivity index (χ1n) is 8.37. The van der Waals surface area contributed by atoms with Crippen LogP contribution in [-0.2, 0) is 0 Å². The molecule has 0 radical (unpaired) electrons. The summed E-state index contributed by atoms with van der Waals surface area (Å²) in [4.78, 5) is 11.1. The van der Waals surface area contributed by atoms with Crippen LogP contribution in [0.2, 0.25) is 0 Å². The summed E-state index contributed by atoms with van der Waals surface area (Å²) in [5.74, 6) is 1.03. The van der Waals surface area contributed by atoms with Gasteiger partial charge in [0.2, 0.25) is 0 Å². The minimum absolute atomic E-state index is 0.386. The monoisotopic (exact) mass is 453 g/mol. The molecule has 3 N–H and O–H groups in total. The van der Waals surface area contributed by atoms with Gasteiger partial charge in [-0.2, -0.15) is 9.61 Å². The fourth-order valence-electron chi connectivity index (χ4n) is 3.16. The molecule has 1 atom stereocenters. The Kier molecular flexibility index (Phi) is 5.57. The lowest BCUT2D eigenvalue weighted by Crippen LogP contribution is -2.29. The van der Waals surface area contributed by atoms with E-state index in [0.717, 1.165) is 52.0 Å². The third-order valence-corrected chi connectivity index (χ3v) is 5.41. The molecule has 7 nitrogen and oxygen atoms in total. The Morgan fingerprint density at radius 1 is 1.52 bits per heavy atom. The van der Waals surface area contributed by atoms with Gasteiger partial charge in [0.05, 0.1) is 15.5 Å². The first-order chi connectivity index (χ1) is 12.0. The van der Waals surface area contributed by atoms with E-state index in [1.54, 1.807) is 11.6 Å². The van der Waals surface area contributed by atoms with Crippen molar-refractivity contribution >= 4 is 45.8 Å². The SMILES string of the molecule is C/N=C\C(=C/N(C)C)c1cnn2c(N)c(I)c(C3CCCNC3)nc12. The normalized spacial score (nSPS) is 19.0. The number of aliphatic imine (C=N–C) groups is 1. The van der Waals surface area contributed by atoms with E-state index in [0.29, 0.717) is 11.7 Å². The molecule has 1 unspecified atom stereocenters. The number of hydrogen-bond donors (Lipinski definition) is 2. The zero-order chi connectivity index (χ0) is 18.0. The molecule has 0 spiro atoms. The van der Waals surface area contributed by atoms with Gasteiger partial charge in [-0.3, -0.25) is 4.99 Å². The van der Waals surface area contributed by atoms with Crippen molar-refractivity contribution in [1.29, 1.82) is 0 Å². The zero-order valence-electron chi connectivity index (χ0n) is 14.8. The Bertz CT molecular complexity index is 816. The van der Waals surface area contributed by atoms with Crippen LogP contribution in [-0.4, -0.2) is 59.9 Å². The number of halogens is 1. The van der Waals surface area contributed by atoms with Crippen LogP contribution in [0.3, 0.4) is 0 Å². The molecule has 0 bridgehead atoms. The van der Waals surface area contributed by atoms with Crippen molar-refractivity contribution < 1.29 is 0 Å². The molecule has 2 aromatic heterocycles. The van der Waals surface area contributed by atoms with E-state index < -0.39 is 0 Å². The van der Waals surface area contributed by atoms with E-state index in [1.165, 1.54) is 0 Å². The van der Waals surface area contributed by atoms with Gasteiger partial charge in [-0.25, -0.2) is 4.98 Å². The van der Waals surface area contributed by atoms with Gasteiger partial charge in [0, 0.05) is 57.2 Å². The molecule has 1 aliphatic heterocycles. The van der Waals surface area contributed by atoms with Gasteiger partial charge in [0.1, 0.15) is 5.82 Å². The fraction of sp³-hybridized carbons (Fsp3) is 0.471. The lowest BCUT2D eigenvalue weighted by atomic mass is 9.96. The van der Waals surface area contributed by atoms with E-state index in [4.69, 9.17) is 10.7 Å². The molecular formula is C17H24IN7. The molecule has 0 saturated carbocycles. The largest absolute Gasteiger partial charge is 0.383 e. The highest BCUT2D eigenvalue weighted by atomic mass is 127. The molecule has 8 heteroatoms. The summed E-state index contributed by atoms with van der Waals surface area (Å²) in [6, 6.07) is 0. The predicted molar refractivity (Wildman–Crippen MR) is 111 cm³/mol. The van der Waals surface area contributed by atoms with Crippen molar-refractivity contribution in [2.75, 3.05) is 40.0 Å². The molecule has 0 aromatic carbocycles. The van der Waals surface area contributed by atoms with Crippen LogP contribution in [0.1, 0.15) is 30.0 Å². The van der Waals surface area contributed by atoms with Crippen molar-refractivity contribution in [2.24, 2.45) is 4.99 Å². The van der Waals surface area contributed by atoms with Gasteiger partial charge < -0.3 is 16.0 Å². The van der Waals surface area contributed by atoms with Crippen molar-refractivity contribution in [3.05, 3.63) is 27.2 Å². The highest BCUT2D eigenvalue weighted by Crippen LogP contribution is 2.31. The van der Waals surface area contributed by atoms with E-state index in [-0.39, 0.29) is 0 Å². The third-order valence-electron chi connectivity index (χ3n) is 4.31. The van der Waals surface area contributed by atoms with Crippen molar-refractivity contribution in [3.8, 4) is 0 Å². The quantitative estimate of drug-likeness (QED) is 0.547. The fourth-order valence-corrected chi connectivity index (χ4v) is 3.95. The molecule has 25 heavy (non-hydrogen) atoms. The van der Waals surface area contributed by atoms with Crippen LogP contribution >= 0.6 is 22.6 Å². The molecule has 3 rings (SSSR count). The maximum absolute atomic E-state index is 6.38. The first kappa shape index (κ1) is 18.1. The zero-order valence-corrected chi connectivity index (χ0v) is 17.0. The van der Waals surface area contributed by atoms with Gasteiger partial charge in [0.25, 0.3) is 0 Å². The van der Waals surface area contributed by atoms with Gasteiger partial charge >= 0.3 is 0 Å². The number of nitrogens with zero attached hydrogens (tertiary/aromatic N) is 5. The van der Waals surface area contributed by atoms with Crippen LogP contribution in [0, 0.1) is 3.57 Å². The van der Waals surface area contributed by atoms with Crippen LogP contribution in [0.4, 0.5) is 5.82 Å². The first-order valence-corrected chi connectivity index (χ1v) is 9.45. The number of nitrogen functional groups attached to an aromatic ring is 1. The molecule has 134 valence electrons. The molecule has 1 fully saturated rings. The highest BCUT2D eigenvalue weighted by molar-refractivity contribution is 14.1. The summed E-state index contributed by atoms with van der Waals surface area (Å²) < 4.78 is 2.72. The molecular weight excluding hydrogens is 429 g/mol. The van der Waals surface area contributed by atoms with Crippen molar-refractivity contribution in [2.45, 2.75) is 18.8 Å². The number of piperidine rings is 1. The summed E-state index contributed by atoms with van der Waals surface area (Å²) in [5, 5.41) is 7.92. The Morgan fingerprint density at radius 3 is 2.96 bits per heavy atom. The number of hydrogen-bond acceptors (Lipinski definition) is 6. The van der Waals surface area contributed by atoms with Crippen LogP contribution in [0.5, 0.6) is 0 Å². The van der Waals surface area contributed by atoms with Gasteiger partial charge in [0.15, 0.2) is 5.65 Å². The van der Waals surface area contributed by atoms with Gasteiger partial charge in [-0.1, -0.05) is 0 Å². The highest BCUT2D eigenvalue weighted by Gasteiger charge is 2.23. The number of nitrogens with two attached hydrogens (primary N) is 1. The van der Waals surface area contributed by atoms with Crippen LogP contribution in [0.25, 0.3) is 11.2 Å². The number of rotatable bonds is 4. The molecule has 2 aromatic rings. The van der Waals surface area contributed by atoms with Crippen molar-refractivity contribution in [1.82, 2.24) is 24.8 Å². The molecule has 1 aliphatic rings. The summed E-state index contributed by atoms with van der Waals surface area (Å²) in [7, 11) is 5.73. The van der Waals surface area contributed by atoms with E-state index >= 15 is 0 Å². The predicted octanol–water partition coefficient (Wildman–Crippen LogP) is 1.99. The number of allylic oxidation sites excluding steroid dienone is 1. The average Bonchev–Trinajstić information content (AvgIpc) is 3.02. The summed E-state index contributed by atoms with van der Waals surface area (Å²) in [6.07, 6.45) is 7.95. The summed E-state index contributed by atoms with van der Waals surface area (Å²) in [5.41, 5.74) is 10.1. The second-order valence-corrected chi connectivity index (χ2v) is 7.55. The number of fused-ring (bicyclic) bond motifs is 1. The third kappa shape index (κ3) is 3.64. The Morgan fingerprint density at radius 2 is 2.32 bits per heavy atom. The maximum Gasteiger partial charge on any atom is 0.165 e. The Balaban J connectivity index is 2.17. The lowest BCUT2D eigenvalue weighted by Gasteiger charge is -2.24. The minimum atomic E-state index is 0.386. The van der Waals surface area contributed by atoms with Crippen LogP contribution < -0.4 is 11.1 Å². The maximum atomic E-state index is 6.38. The van der Waals surface area contributed by atoms with Gasteiger partial charge in [-0.15, -0.1) is 0 Å². The smallest absolute Gasteiger partial charge is 0.165 e.